The number of benzene rings is 1. The highest BCUT2D eigenvalue weighted by atomic mass is 35.5. The van der Waals surface area contributed by atoms with Gasteiger partial charge in [0.15, 0.2) is 0 Å². The number of aromatic amines is 1. The summed E-state index contributed by atoms with van der Waals surface area (Å²) in [6, 6.07) is 4.51. The summed E-state index contributed by atoms with van der Waals surface area (Å²) in [6.45, 7) is 0.297. The molecular weight excluding hydrogens is 321 g/mol. The predicted molar refractivity (Wildman–Crippen MR) is 78.6 cm³/mol. The van der Waals surface area contributed by atoms with Gasteiger partial charge in [-0.05, 0) is 18.6 Å². The first-order chi connectivity index (χ1) is 9.50. The summed E-state index contributed by atoms with van der Waals surface area (Å²) in [6.07, 6.45) is 4.68. The smallest absolute Gasteiger partial charge is 0.242 e. The van der Waals surface area contributed by atoms with Crippen molar-refractivity contribution in [2.45, 2.75) is 17.7 Å². The third-order valence-corrected chi connectivity index (χ3v) is 5.08. The van der Waals surface area contributed by atoms with Gasteiger partial charge in [0, 0.05) is 25.4 Å². The number of nitrogens with one attached hydrogen (secondary N) is 2. The molecule has 0 aliphatic carbocycles. The monoisotopic (exact) mass is 333 g/mol. The highest BCUT2D eigenvalue weighted by Gasteiger charge is 2.18. The van der Waals surface area contributed by atoms with Crippen molar-refractivity contribution in [3.8, 4) is 0 Å². The summed E-state index contributed by atoms with van der Waals surface area (Å²) in [4.78, 5) is 7.01. The highest BCUT2D eigenvalue weighted by molar-refractivity contribution is 7.89. The van der Waals surface area contributed by atoms with Crippen LogP contribution < -0.4 is 4.72 Å². The molecule has 2 N–H and O–H groups in total. The second kappa shape index (κ2) is 6.58. The number of sulfonamides is 1. The fraction of sp³-hybridized carbons (Fsp3) is 0.250. The van der Waals surface area contributed by atoms with Crippen molar-refractivity contribution < 1.29 is 8.42 Å². The Morgan fingerprint density at radius 3 is 2.80 bits per heavy atom. The van der Waals surface area contributed by atoms with Gasteiger partial charge in [-0.3, -0.25) is 0 Å². The van der Waals surface area contributed by atoms with Crippen LogP contribution in [0, 0.1) is 0 Å². The maximum absolute atomic E-state index is 12.1. The first-order valence-electron chi connectivity index (χ1n) is 5.92. The maximum atomic E-state index is 12.1. The number of hydrogen-bond acceptors (Lipinski definition) is 3. The molecule has 0 atom stereocenters. The molecule has 0 fully saturated rings. The molecule has 0 bridgehead atoms. The van der Waals surface area contributed by atoms with Gasteiger partial charge in [-0.15, -0.1) is 0 Å². The molecule has 2 aromatic rings. The zero-order valence-corrected chi connectivity index (χ0v) is 12.8. The normalized spacial score (nSPS) is 11.7. The lowest BCUT2D eigenvalue weighted by Crippen LogP contribution is -2.25. The zero-order valence-electron chi connectivity index (χ0n) is 10.4. The van der Waals surface area contributed by atoms with E-state index in [4.69, 9.17) is 23.2 Å². The molecule has 1 aromatic heterocycles. The van der Waals surface area contributed by atoms with Crippen molar-refractivity contribution in [1.29, 1.82) is 0 Å². The van der Waals surface area contributed by atoms with E-state index in [9.17, 15) is 8.42 Å². The van der Waals surface area contributed by atoms with Crippen LogP contribution in [0.2, 0.25) is 10.0 Å². The van der Waals surface area contributed by atoms with E-state index >= 15 is 0 Å². The van der Waals surface area contributed by atoms with Crippen LogP contribution in [-0.4, -0.2) is 24.9 Å². The van der Waals surface area contributed by atoms with Gasteiger partial charge >= 0.3 is 0 Å². The summed E-state index contributed by atoms with van der Waals surface area (Å²) < 4.78 is 26.7. The Balaban J connectivity index is 1.95. The fourth-order valence-corrected chi connectivity index (χ4v) is 3.50. The number of imidazole rings is 1. The molecule has 0 amide bonds. The average Bonchev–Trinajstić information content (AvgIpc) is 2.91. The molecule has 2 rings (SSSR count). The van der Waals surface area contributed by atoms with Crippen LogP contribution in [0.4, 0.5) is 0 Å². The molecule has 5 nitrogen and oxygen atoms in total. The van der Waals surface area contributed by atoms with Crippen molar-refractivity contribution in [2.24, 2.45) is 0 Å². The standard InChI is InChI=1S/C12H13Cl2N3O2S/c13-9-3-1-4-10(12(9)14)20(18,19)17-6-2-5-11-15-7-8-16-11/h1,3-4,7-8,17H,2,5-6H2,(H,15,16). The van der Waals surface area contributed by atoms with Gasteiger partial charge in [0.1, 0.15) is 10.7 Å². The lowest BCUT2D eigenvalue weighted by Gasteiger charge is -2.08. The number of hydrogen-bond donors (Lipinski definition) is 2. The Hall–Kier alpha value is -1.08. The molecule has 20 heavy (non-hydrogen) atoms. The molecule has 1 aromatic carbocycles. The molecule has 0 aliphatic heterocycles. The molecule has 8 heteroatoms. The highest BCUT2D eigenvalue weighted by Crippen LogP contribution is 2.28. The summed E-state index contributed by atoms with van der Waals surface area (Å²) in [5, 5.41) is 0.248. The van der Waals surface area contributed by atoms with Crippen LogP contribution in [0.3, 0.4) is 0 Å². The molecule has 0 radical (unpaired) electrons. The van der Waals surface area contributed by atoms with Crippen LogP contribution in [-0.2, 0) is 16.4 Å². The number of nitrogens with zero attached hydrogens (tertiary/aromatic N) is 1. The van der Waals surface area contributed by atoms with Gasteiger partial charge in [0.25, 0.3) is 0 Å². The third kappa shape index (κ3) is 3.73. The van der Waals surface area contributed by atoms with Crippen molar-refractivity contribution in [3.05, 3.63) is 46.5 Å². The van der Waals surface area contributed by atoms with Crippen molar-refractivity contribution in [1.82, 2.24) is 14.7 Å². The zero-order chi connectivity index (χ0) is 14.6. The van der Waals surface area contributed by atoms with Gasteiger partial charge in [-0.1, -0.05) is 29.3 Å². The molecule has 1 heterocycles. The molecule has 0 unspecified atom stereocenters. The maximum Gasteiger partial charge on any atom is 0.242 e. The summed E-state index contributed by atoms with van der Waals surface area (Å²) in [7, 11) is -3.65. The van der Waals surface area contributed by atoms with E-state index < -0.39 is 10.0 Å². The quantitative estimate of drug-likeness (QED) is 0.798. The Kier molecular flexibility index (Phi) is 5.04. The molecule has 108 valence electrons. The van der Waals surface area contributed by atoms with E-state index in [1.54, 1.807) is 24.5 Å². The number of halogens is 2. The Bertz CT molecular complexity index is 672. The fourth-order valence-electron chi connectivity index (χ4n) is 1.67. The third-order valence-electron chi connectivity index (χ3n) is 2.64. The van der Waals surface area contributed by atoms with E-state index in [0.29, 0.717) is 19.4 Å². The van der Waals surface area contributed by atoms with E-state index in [1.807, 2.05) is 0 Å². The number of aryl methyl sites for hydroxylation is 1. The first-order valence-corrected chi connectivity index (χ1v) is 8.16. The topological polar surface area (TPSA) is 74.8 Å². The first kappa shape index (κ1) is 15.3. The van der Waals surface area contributed by atoms with Gasteiger partial charge in [0.05, 0.1) is 10.0 Å². The van der Waals surface area contributed by atoms with E-state index in [1.165, 1.54) is 6.07 Å². The minimum absolute atomic E-state index is 0.00957. The average molecular weight is 334 g/mol. The molecule has 0 aliphatic rings. The van der Waals surface area contributed by atoms with Crippen molar-refractivity contribution in [2.75, 3.05) is 6.54 Å². The Labute approximate surface area is 127 Å². The Morgan fingerprint density at radius 1 is 1.30 bits per heavy atom. The van der Waals surface area contributed by atoms with E-state index in [-0.39, 0.29) is 14.9 Å². The van der Waals surface area contributed by atoms with Gasteiger partial charge < -0.3 is 4.98 Å². The predicted octanol–water partition coefficient (Wildman–Crippen LogP) is 2.63. The van der Waals surface area contributed by atoms with Crippen LogP contribution in [0.15, 0.2) is 35.5 Å². The SMILES string of the molecule is O=S(=O)(NCCCc1ncc[nH]1)c1cccc(Cl)c1Cl. The number of H-pyrrole nitrogens is 1. The molecular formula is C12H13Cl2N3O2S. The summed E-state index contributed by atoms with van der Waals surface area (Å²) in [5.41, 5.74) is 0. The van der Waals surface area contributed by atoms with E-state index in [2.05, 4.69) is 14.7 Å². The van der Waals surface area contributed by atoms with Crippen LogP contribution >= 0.6 is 23.2 Å². The molecule has 0 spiro atoms. The molecule has 0 saturated carbocycles. The number of rotatable bonds is 6. The van der Waals surface area contributed by atoms with Crippen molar-refractivity contribution in [3.63, 3.8) is 0 Å². The lowest BCUT2D eigenvalue weighted by molar-refractivity contribution is 0.578. The lowest BCUT2D eigenvalue weighted by atomic mass is 10.3. The minimum atomic E-state index is -3.65. The van der Waals surface area contributed by atoms with Gasteiger partial charge in [0.2, 0.25) is 10.0 Å². The minimum Gasteiger partial charge on any atom is -0.349 e. The number of aromatic nitrogens is 2. The summed E-state index contributed by atoms with van der Waals surface area (Å²) in [5.74, 6) is 0.824. The Morgan fingerprint density at radius 2 is 2.10 bits per heavy atom. The largest absolute Gasteiger partial charge is 0.349 e. The second-order valence-corrected chi connectivity index (χ2v) is 6.61. The summed E-state index contributed by atoms with van der Waals surface area (Å²) >= 11 is 11.7. The van der Waals surface area contributed by atoms with Gasteiger partial charge in [-0.2, -0.15) is 0 Å². The molecule has 0 saturated heterocycles. The van der Waals surface area contributed by atoms with Crippen LogP contribution in [0.5, 0.6) is 0 Å². The van der Waals surface area contributed by atoms with Crippen molar-refractivity contribution >= 4 is 33.2 Å². The van der Waals surface area contributed by atoms with E-state index in [0.717, 1.165) is 5.82 Å². The second-order valence-electron chi connectivity index (χ2n) is 4.09. The van der Waals surface area contributed by atoms with Crippen LogP contribution in [0.25, 0.3) is 0 Å². The van der Waals surface area contributed by atoms with Gasteiger partial charge in [-0.25, -0.2) is 18.1 Å². The van der Waals surface area contributed by atoms with Crippen LogP contribution in [0.1, 0.15) is 12.2 Å².